The van der Waals surface area contributed by atoms with Crippen LogP contribution in [0.3, 0.4) is 0 Å². The molecule has 0 atom stereocenters. The van der Waals surface area contributed by atoms with Crippen molar-refractivity contribution in [2.24, 2.45) is 0 Å². The van der Waals surface area contributed by atoms with Crippen LogP contribution in [-0.2, 0) is 0 Å². The fraction of sp³-hybridized carbons (Fsp3) is 0.0769. The number of aromatic hydroxyl groups is 1. The Hall–Kier alpha value is -2.96. The van der Waals surface area contributed by atoms with E-state index in [1.807, 2.05) is 0 Å². The Morgan fingerprint density at radius 3 is 2.80 bits per heavy atom. The third-order valence-electron chi connectivity index (χ3n) is 2.74. The average Bonchev–Trinajstić information content (AvgIpc) is 2.41. The van der Waals surface area contributed by atoms with Gasteiger partial charge in [0.2, 0.25) is 5.75 Å². The molecule has 1 amide bonds. The van der Waals surface area contributed by atoms with Crippen LogP contribution in [0.25, 0.3) is 0 Å². The molecule has 2 aromatic rings. The van der Waals surface area contributed by atoms with Crippen LogP contribution >= 0.6 is 0 Å². The van der Waals surface area contributed by atoms with Gasteiger partial charge >= 0.3 is 5.69 Å². The molecule has 2 rings (SSSR count). The smallest absolute Gasteiger partial charge is 0.311 e. The third-order valence-corrected chi connectivity index (χ3v) is 2.74. The maximum Gasteiger partial charge on any atom is 0.311 e. The summed E-state index contributed by atoms with van der Waals surface area (Å²) in [5.41, 5.74) is 0.588. The van der Waals surface area contributed by atoms with E-state index in [2.05, 4.69) is 10.3 Å². The van der Waals surface area contributed by atoms with Gasteiger partial charge in [-0.3, -0.25) is 19.9 Å². The summed E-state index contributed by atoms with van der Waals surface area (Å²) in [6, 6.07) is 5.48. The van der Waals surface area contributed by atoms with Crippen molar-refractivity contribution in [3.8, 4) is 5.75 Å². The van der Waals surface area contributed by atoms with E-state index in [0.717, 1.165) is 11.6 Å². The van der Waals surface area contributed by atoms with Crippen molar-refractivity contribution in [1.82, 2.24) is 4.98 Å². The number of amides is 1. The summed E-state index contributed by atoms with van der Waals surface area (Å²) in [4.78, 5) is 25.9. The van der Waals surface area contributed by atoms with Gasteiger partial charge in [-0.15, -0.1) is 0 Å². The van der Waals surface area contributed by atoms with Crippen LogP contribution in [0.5, 0.6) is 5.75 Å². The molecule has 102 valence electrons. The molecule has 1 heterocycles. The average molecular weight is 273 g/mol. The molecule has 0 radical (unpaired) electrons. The lowest BCUT2D eigenvalue weighted by molar-refractivity contribution is -0.385. The molecular weight excluding hydrogens is 262 g/mol. The van der Waals surface area contributed by atoms with Crippen molar-refractivity contribution < 1.29 is 14.8 Å². The highest BCUT2D eigenvalue weighted by molar-refractivity contribution is 6.07. The molecule has 0 saturated carbocycles. The number of rotatable bonds is 3. The maximum atomic E-state index is 12.0. The Morgan fingerprint density at radius 1 is 1.40 bits per heavy atom. The molecule has 1 aromatic carbocycles. The number of nitrogens with one attached hydrogen (secondary N) is 1. The summed E-state index contributed by atoms with van der Waals surface area (Å²) in [6.45, 7) is 1.78. The SMILES string of the molecule is Cc1ccncc1NC(=O)c1cccc([N+](=O)[O-])c1O. The van der Waals surface area contributed by atoms with Crippen molar-refractivity contribution in [2.45, 2.75) is 6.92 Å². The van der Waals surface area contributed by atoms with E-state index in [0.29, 0.717) is 5.69 Å². The van der Waals surface area contributed by atoms with Gasteiger partial charge in [0.1, 0.15) is 0 Å². The lowest BCUT2D eigenvalue weighted by Crippen LogP contribution is -2.13. The van der Waals surface area contributed by atoms with E-state index < -0.39 is 22.3 Å². The maximum absolute atomic E-state index is 12.0. The van der Waals surface area contributed by atoms with Crippen LogP contribution in [0.2, 0.25) is 0 Å². The molecule has 0 aliphatic carbocycles. The lowest BCUT2D eigenvalue weighted by Gasteiger charge is -2.08. The summed E-state index contributed by atoms with van der Waals surface area (Å²) < 4.78 is 0. The second-order valence-corrected chi connectivity index (χ2v) is 4.08. The highest BCUT2D eigenvalue weighted by Gasteiger charge is 2.21. The number of nitro groups is 1. The van der Waals surface area contributed by atoms with Crippen molar-refractivity contribution >= 4 is 17.3 Å². The molecule has 0 aliphatic heterocycles. The number of pyridine rings is 1. The zero-order chi connectivity index (χ0) is 14.7. The predicted molar refractivity (Wildman–Crippen MR) is 71.7 cm³/mol. The van der Waals surface area contributed by atoms with Gasteiger partial charge in [-0.2, -0.15) is 0 Å². The summed E-state index contributed by atoms with van der Waals surface area (Å²) in [5.74, 6) is -1.29. The fourth-order valence-corrected chi connectivity index (χ4v) is 1.65. The molecule has 7 nitrogen and oxygen atoms in total. The molecule has 7 heteroatoms. The Labute approximate surface area is 114 Å². The quantitative estimate of drug-likeness (QED) is 0.659. The molecule has 0 saturated heterocycles. The largest absolute Gasteiger partial charge is 0.502 e. The van der Waals surface area contributed by atoms with Crippen LogP contribution in [0.4, 0.5) is 11.4 Å². The number of anilines is 1. The van der Waals surface area contributed by atoms with Crippen LogP contribution in [0.15, 0.2) is 36.7 Å². The number of nitrogens with zero attached hydrogens (tertiary/aromatic N) is 2. The normalized spacial score (nSPS) is 10.1. The van der Waals surface area contributed by atoms with Gasteiger partial charge in [0, 0.05) is 12.3 Å². The van der Waals surface area contributed by atoms with Gasteiger partial charge in [0.05, 0.1) is 22.4 Å². The molecule has 1 aromatic heterocycles. The monoisotopic (exact) mass is 273 g/mol. The summed E-state index contributed by atoms with van der Waals surface area (Å²) in [6.07, 6.45) is 3.04. The third kappa shape index (κ3) is 2.56. The van der Waals surface area contributed by atoms with Crippen molar-refractivity contribution in [2.75, 3.05) is 5.32 Å². The molecule has 20 heavy (non-hydrogen) atoms. The van der Waals surface area contributed by atoms with Gasteiger partial charge in [-0.05, 0) is 24.6 Å². The highest BCUT2D eigenvalue weighted by atomic mass is 16.6. The van der Waals surface area contributed by atoms with Gasteiger partial charge in [0.15, 0.2) is 0 Å². The number of hydrogen-bond acceptors (Lipinski definition) is 5. The van der Waals surface area contributed by atoms with Gasteiger partial charge < -0.3 is 10.4 Å². The van der Waals surface area contributed by atoms with Crippen LogP contribution in [0.1, 0.15) is 15.9 Å². The van der Waals surface area contributed by atoms with Crippen molar-refractivity contribution in [1.29, 1.82) is 0 Å². The molecule has 0 fully saturated rings. The number of para-hydroxylation sites is 1. The van der Waals surface area contributed by atoms with Gasteiger partial charge in [-0.25, -0.2) is 0 Å². The molecule has 2 N–H and O–H groups in total. The first-order valence-corrected chi connectivity index (χ1v) is 5.69. The Balaban J connectivity index is 2.33. The van der Waals surface area contributed by atoms with Crippen molar-refractivity contribution in [3.63, 3.8) is 0 Å². The molecule has 0 unspecified atom stereocenters. The zero-order valence-corrected chi connectivity index (χ0v) is 10.5. The van der Waals surface area contributed by atoms with E-state index >= 15 is 0 Å². The number of carbonyl (C=O) groups excluding carboxylic acids is 1. The molecule has 0 bridgehead atoms. The highest BCUT2D eigenvalue weighted by Crippen LogP contribution is 2.29. The minimum Gasteiger partial charge on any atom is -0.502 e. The van der Waals surface area contributed by atoms with Crippen LogP contribution in [0, 0.1) is 17.0 Å². The van der Waals surface area contributed by atoms with E-state index in [-0.39, 0.29) is 5.56 Å². The topological polar surface area (TPSA) is 105 Å². The predicted octanol–water partition coefficient (Wildman–Crippen LogP) is 2.26. The lowest BCUT2D eigenvalue weighted by atomic mass is 10.1. The molecule has 0 aliphatic rings. The number of aryl methyl sites for hydroxylation is 1. The van der Waals surface area contributed by atoms with Crippen LogP contribution in [-0.4, -0.2) is 20.9 Å². The number of nitro benzene ring substituents is 1. The minimum absolute atomic E-state index is 0.164. The van der Waals surface area contributed by atoms with E-state index in [1.165, 1.54) is 18.3 Å². The summed E-state index contributed by atoms with van der Waals surface area (Å²) in [5, 5.41) is 23.0. The number of benzene rings is 1. The van der Waals surface area contributed by atoms with E-state index in [4.69, 9.17) is 0 Å². The number of phenols is 1. The van der Waals surface area contributed by atoms with E-state index in [9.17, 15) is 20.0 Å². The second-order valence-electron chi connectivity index (χ2n) is 4.08. The zero-order valence-electron chi connectivity index (χ0n) is 10.5. The van der Waals surface area contributed by atoms with Crippen molar-refractivity contribution in [3.05, 3.63) is 57.9 Å². The van der Waals surface area contributed by atoms with Crippen LogP contribution < -0.4 is 5.32 Å². The number of phenolic OH excluding ortho intramolecular Hbond substituents is 1. The number of carbonyl (C=O) groups is 1. The Morgan fingerprint density at radius 2 is 2.15 bits per heavy atom. The molecule has 0 spiro atoms. The number of aromatic nitrogens is 1. The summed E-state index contributed by atoms with van der Waals surface area (Å²) >= 11 is 0. The Kier molecular flexibility index (Phi) is 3.60. The first kappa shape index (κ1) is 13.5. The fourth-order valence-electron chi connectivity index (χ4n) is 1.65. The minimum atomic E-state index is -0.749. The number of hydrogen-bond donors (Lipinski definition) is 2. The first-order chi connectivity index (χ1) is 9.50. The standard InChI is InChI=1S/C13H11N3O4/c1-8-5-6-14-7-10(8)15-13(18)9-3-2-4-11(12(9)17)16(19)20/h2-7,17H,1H3,(H,15,18). The first-order valence-electron chi connectivity index (χ1n) is 5.69. The Bertz CT molecular complexity index is 685. The van der Waals surface area contributed by atoms with E-state index in [1.54, 1.807) is 19.2 Å². The van der Waals surface area contributed by atoms with Gasteiger partial charge in [0.25, 0.3) is 5.91 Å². The second kappa shape index (κ2) is 5.35. The summed E-state index contributed by atoms with van der Waals surface area (Å²) in [7, 11) is 0. The van der Waals surface area contributed by atoms with Gasteiger partial charge in [-0.1, -0.05) is 6.07 Å². The molecular formula is C13H11N3O4.